The van der Waals surface area contributed by atoms with Gasteiger partial charge in [-0.3, -0.25) is 19.0 Å². The second-order valence-corrected chi connectivity index (χ2v) is 12.1. The largest absolute Gasteiger partial charge is 0.460 e. The number of hydrogen-bond acceptors (Lipinski definition) is 9. The maximum absolute atomic E-state index is 13.4. The maximum Gasteiger partial charge on any atom is 0.387 e. The Balaban J connectivity index is 1.27. The number of nitrogens with two attached hydrogens (primary N) is 1. The second-order valence-electron chi connectivity index (χ2n) is 12.1. The molecule has 0 aliphatic carbocycles. The predicted octanol–water partition coefficient (Wildman–Crippen LogP) is 2.69. The van der Waals surface area contributed by atoms with Crippen LogP contribution in [0.25, 0.3) is 22.0 Å². The molecule has 2 aliphatic heterocycles. The Hall–Kier alpha value is -5.05. The number of benzene rings is 2. The highest BCUT2D eigenvalue weighted by atomic mass is 19.3. The summed E-state index contributed by atoms with van der Waals surface area (Å²) in [6, 6.07) is 9.12. The highest BCUT2D eigenvalue weighted by Crippen LogP contribution is 2.28. The number of esters is 1. The average Bonchev–Trinajstić information content (AvgIpc) is 3.55. The molecule has 1 unspecified atom stereocenters. The molecular weight excluding hydrogens is 614 g/mol. The second kappa shape index (κ2) is 13.0. The molecule has 0 radical (unpaired) electrons. The van der Waals surface area contributed by atoms with Gasteiger partial charge in [-0.2, -0.15) is 8.78 Å². The monoisotopic (exact) mass is 650 g/mol. The summed E-state index contributed by atoms with van der Waals surface area (Å²) in [7, 11) is 1.60. The van der Waals surface area contributed by atoms with Crippen LogP contribution in [-0.4, -0.2) is 81.1 Å². The van der Waals surface area contributed by atoms with Crippen molar-refractivity contribution in [2.45, 2.75) is 45.7 Å². The molecule has 2 amide bonds. The summed E-state index contributed by atoms with van der Waals surface area (Å²) < 4.78 is 40.0. The molecule has 2 aromatic heterocycles. The molecule has 248 valence electrons. The van der Waals surface area contributed by atoms with Crippen molar-refractivity contribution in [1.29, 1.82) is 0 Å². The van der Waals surface area contributed by atoms with Crippen molar-refractivity contribution in [3.63, 3.8) is 0 Å². The number of nitrogens with zero attached hydrogens (tertiary/aromatic N) is 6. The van der Waals surface area contributed by atoms with E-state index in [-0.39, 0.29) is 42.5 Å². The molecule has 15 heteroatoms. The first-order chi connectivity index (χ1) is 22.5. The molecule has 6 rings (SSSR count). The van der Waals surface area contributed by atoms with Gasteiger partial charge < -0.3 is 30.3 Å². The number of fused-ring (bicyclic) bond motifs is 2. The molecule has 2 atom stereocenters. The first-order valence-electron chi connectivity index (χ1n) is 15.3. The molecule has 2 aromatic carbocycles. The fraction of sp³-hybridized carbons (Fsp3) is 0.406. The van der Waals surface area contributed by atoms with Crippen LogP contribution in [0.15, 0.2) is 53.6 Å². The molecule has 13 nitrogen and oxygen atoms in total. The van der Waals surface area contributed by atoms with Crippen LogP contribution in [0, 0.1) is 5.92 Å². The number of anilines is 1. The Labute approximate surface area is 268 Å². The summed E-state index contributed by atoms with van der Waals surface area (Å²) in [5.74, 6) is -0.185. The molecule has 4 heterocycles. The van der Waals surface area contributed by atoms with Gasteiger partial charge in [-0.1, -0.05) is 26.0 Å². The van der Waals surface area contributed by atoms with Crippen molar-refractivity contribution in [2.24, 2.45) is 18.7 Å². The third kappa shape index (κ3) is 6.48. The third-order valence-electron chi connectivity index (χ3n) is 8.68. The fourth-order valence-corrected chi connectivity index (χ4v) is 5.90. The van der Waals surface area contributed by atoms with Gasteiger partial charge in [0.2, 0.25) is 5.95 Å². The van der Waals surface area contributed by atoms with Gasteiger partial charge >= 0.3 is 18.6 Å². The lowest BCUT2D eigenvalue weighted by Crippen LogP contribution is -2.52. The van der Waals surface area contributed by atoms with Gasteiger partial charge in [0.05, 0.1) is 23.5 Å². The summed E-state index contributed by atoms with van der Waals surface area (Å²) in [4.78, 5) is 50.5. The van der Waals surface area contributed by atoms with Crippen LogP contribution in [0.5, 0.6) is 5.75 Å². The molecule has 2 aliphatic rings. The smallest absolute Gasteiger partial charge is 0.387 e. The zero-order valence-electron chi connectivity index (χ0n) is 26.2. The topological polar surface area (TPSA) is 150 Å². The molecule has 0 saturated carbocycles. The van der Waals surface area contributed by atoms with E-state index in [0.717, 1.165) is 11.1 Å². The minimum absolute atomic E-state index is 0.00792. The van der Waals surface area contributed by atoms with E-state index in [1.807, 2.05) is 17.0 Å². The fourth-order valence-electron chi connectivity index (χ4n) is 5.90. The summed E-state index contributed by atoms with van der Waals surface area (Å²) >= 11 is 0. The quantitative estimate of drug-likeness (QED) is 0.247. The van der Waals surface area contributed by atoms with Crippen LogP contribution in [0.2, 0.25) is 0 Å². The van der Waals surface area contributed by atoms with E-state index in [1.165, 1.54) is 16.8 Å². The van der Waals surface area contributed by atoms with E-state index in [2.05, 4.69) is 20.2 Å². The van der Waals surface area contributed by atoms with E-state index >= 15 is 0 Å². The van der Waals surface area contributed by atoms with Gasteiger partial charge in [0.1, 0.15) is 18.4 Å². The van der Waals surface area contributed by atoms with Crippen LogP contribution in [0.4, 0.5) is 19.5 Å². The lowest BCUT2D eigenvalue weighted by Gasteiger charge is -2.36. The van der Waals surface area contributed by atoms with E-state index in [4.69, 9.17) is 15.2 Å². The summed E-state index contributed by atoms with van der Waals surface area (Å²) in [5.41, 5.74) is 8.57. The molecule has 47 heavy (non-hydrogen) atoms. The number of halogens is 2. The number of urea groups is 1. The van der Waals surface area contributed by atoms with Crippen LogP contribution < -0.4 is 26.2 Å². The van der Waals surface area contributed by atoms with Gasteiger partial charge in [-0.25, -0.2) is 14.8 Å². The van der Waals surface area contributed by atoms with Crippen LogP contribution in [0.3, 0.4) is 0 Å². The lowest BCUT2D eigenvalue weighted by molar-refractivity contribution is -0.147. The molecule has 0 spiro atoms. The zero-order chi connectivity index (χ0) is 33.4. The van der Waals surface area contributed by atoms with Crippen LogP contribution in [0.1, 0.15) is 25.0 Å². The first-order valence-corrected chi connectivity index (χ1v) is 15.3. The predicted molar refractivity (Wildman–Crippen MR) is 169 cm³/mol. The van der Waals surface area contributed by atoms with Crippen molar-refractivity contribution in [3.8, 4) is 16.9 Å². The van der Waals surface area contributed by atoms with Gasteiger partial charge in [-0.15, -0.1) is 0 Å². The molecule has 2 fully saturated rings. The number of hydrogen-bond donors (Lipinski definition) is 2. The van der Waals surface area contributed by atoms with Crippen molar-refractivity contribution in [1.82, 2.24) is 29.5 Å². The van der Waals surface area contributed by atoms with Crippen molar-refractivity contribution < 1.29 is 27.8 Å². The Kier molecular flexibility index (Phi) is 8.82. The minimum Gasteiger partial charge on any atom is -0.460 e. The molecular formula is C32H36F2N8O5. The molecule has 0 bridgehead atoms. The SMILES string of the molecule is CC(C)C(N)C(=O)OCc1ccc(OC(F)F)c(Cn2c3cc(-c4cnc(N5CCN6C(=O)NC[C@@H]6C5)nc4)ccc3c(=O)n2C)c1. The van der Waals surface area contributed by atoms with Gasteiger partial charge in [0, 0.05) is 56.7 Å². The first kappa shape index (κ1) is 31.9. The van der Waals surface area contributed by atoms with Crippen molar-refractivity contribution in [3.05, 3.63) is 70.3 Å². The van der Waals surface area contributed by atoms with E-state index in [9.17, 15) is 23.2 Å². The number of nitrogens with one attached hydrogen (secondary N) is 1. The minimum atomic E-state index is -3.07. The average molecular weight is 651 g/mol. The Morgan fingerprint density at radius 1 is 1.09 bits per heavy atom. The summed E-state index contributed by atoms with van der Waals surface area (Å²) in [6.07, 6.45) is 3.42. The number of piperazine rings is 1. The number of carbonyl (C=O) groups is 2. The Morgan fingerprint density at radius 3 is 2.57 bits per heavy atom. The Bertz CT molecular complexity index is 1860. The Morgan fingerprint density at radius 2 is 1.85 bits per heavy atom. The van der Waals surface area contributed by atoms with E-state index in [1.54, 1.807) is 50.1 Å². The van der Waals surface area contributed by atoms with Crippen LogP contribution >= 0.6 is 0 Å². The number of aromatic nitrogens is 4. The highest BCUT2D eigenvalue weighted by molar-refractivity contribution is 5.84. The zero-order valence-corrected chi connectivity index (χ0v) is 26.2. The summed E-state index contributed by atoms with van der Waals surface area (Å²) in [6.45, 7) is 2.88. The van der Waals surface area contributed by atoms with E-state index in [0.29, 0.717) is 54.2 Å². The maximum atomic E-state index is 13.4. The lowest BCUT2D eigenvalue weighted by atomic mass is 10.1. The number of rotatable bonds is 10. The number of amides is 2. The number of carbonyl (C=O) groups excluding carboxylic acids is 2. The molecule has 3 N–H and O–H groups in total. The molecule has 2 saturated heterocycles. The number of alkyl halides is 2. The van der Waals surface area contributed by atoms with E-state index < -0.39 is 18.6 Å². The van der Waals surface area contributed by atoms with Gasteiger partial charge in [0.15, 0.2) is 0 Å². The number of ether oxygens (including phenoxy) is 2. The standard InChI is InChI=1S/C32H36F2N8O5/c1-18(2)27(35)29(44)46-17-19-4-7-26(47-30(33)34)21(10-19)15-42-25-11-20(5-6-24(25)28(43)39(42)3)22-12-36-31(37-13-22)40-8-9-41-23(16-40)14-38-32(41)45/h4-7,10-13,18,23,27,30H,8-9,14-17,35H2,1-3H3,(H,38,45)/t23-,27?/m1/s1. The van der Waals surface area contributed by atoms with Crippen molar-refractivity contribution in [2.75, 3.05) is 31.1 Å². The van der Waals surface area contributed by atoms with Crippen LogP contribution in [-0.2, 0) is 29.7 Å². The van der Waals surface area contributed by atoms with Gasteiger partial charge in [0.25, 0.3) is 5.56 Å². The third-order valence-corrected chi connectivity index (χ3v) is 8.68. The summed E-state index contributed by atoms with van der Waals surface area (Å²) in [5, 5.41) is 3.31. The normalized spacial score (nSPS) is 16.9. The highest BCUT2D eigenvalue weighted by Gasteiger charge is 2.36. The van der Waals surface area contributed by atoms with Crippen molar-refractivity contribution >= 4 is 28.9 Å². The molecule has 4 aromatic rings. The van der Waals surface area contributed by atoms with Gasteiger partial charge in [-0.05, 0) is 41.3 Å².